The van der Waals surface area contributed by atoms with Gasteiger partial charge >= 0.3 is 105 Å². The number of carboxylic acid groups (broad SMARTS) is 1. The maximum atomic E-state index is 13.0. The Morgan fingerprint density at radius 3 is 1.30 bits per heavy atom. The van der Waals surface area contributed by atoms with Crippen LogP contribution in [0.2, 0.25) is 0 Å². The molecule has 0 radical (unpaired) electrons. The van der Waals surface area contributed by atoms with E-state index in [1.807, 2.05) is 0 Å². The van der Waals surface area contributed by atoms with E-state index < -0.39 is 47.6 Å². The van der Waals surface area contributed by atoms with Crippen molar-refractivity contribution in [3.8, 4) is 0 Å². The van der Waals surface area contributed by atoms with Gasteiger partial charge in [-0.15, -0.1) is 0 Å². The molecule has 0 aliphatic heterocycles. The third kappa shape index (κ3) is 3.53. The Kier molecular flexibility index (Phi) is 6.04. The minimum atomic E-state index is -1.67. The summed E-state index contributed by atoms with van der Waals surface area (Å²) in [7, 11) is 0. The van der Waals surface area contributed by atoms with Gasteiger partial charge in [-0.2, -0.15) is 0 Å². The first-order valence-electron chi connectivity index (χ1n) is 4.26. The van der Waals surface area contributed by atoms with Gasteiger partial charge in [0.15, 0.2) is 0 Å². The first-order chi connectivity index (χ1) is 9.33. The van der Waals surface area contributed by atoms with Crippen molar-refractivity contribution in [2.75, 3.05) is 0 Å². The molecule has 0 aliphatic rings. The van der Waals surface area contributed by atoms with Gasteiger partial charge in [-0.3, -0.25) is 0 Å². The SMILES string of the molecule is Fc1s[c]([Co+][c]2sc(F)c(F)c2F)c(F)c1F.O=C[O-]. The maximum absolute atomic E-state index is 13.0. The summed E-state index contributed by atoms with van der Waals surface area (Å²) in [6.07, 6.45) is 0. The number of thiophene rings is 2. The molecular weight excluding hydrogens is 377 g/mol. The zero-order chi connectivity index (χ0) is 15.4. The van der Waals surface area contributed by atoms with Crippen LogP contribution in [0.1, 0.15) is 0 Å². The van der Waals surface area contributed by atoms with E-state index in [0.717, 1.165) is 0 Å². The van der Waals surface area contributed by atoms with Gasteiger partial charge in [0.25, 0.3) is 0 Å². The van der Waals surface area contributed by atoms with Crippen LogP contribution < -0.4 is 12.7 Å². The van der Waals surface area contributed by atoms with Crippen molar-refractivity contribution in [3.63, 3.8) is 0 Å². The molecule has 2 aromatic rings. The number of carbonyl (C=O) groups is 1. The normalized spacial score (nSPS) is 10.3. The number of carbonyl (C=O) groups excluding carboxylic acids is 1. The number of hydrogen-bond donors (Lipinski definition) is 0. The van der Waals surface area contributed by atoms with E-state index >= 15 is 0 Å². The van der Waals surface area contributed by atoms with E-state index in [0.29, 0.717) is 0 Å². The molecule has 0 N–H and O–H groups in total. The fraction of sp³-hybridized carbons (Fsp3) is 0. The van der Waals surface area contributed by atoms with Crippen LogP contribution in [-0.2, 0) is 19.5 Å². The van der Waals surface area contributed by atoms with Crippen LogP contribution in [0.15, 0.2) is 0 Å². The first-order valence-corrected chi connectivity index (χ1v) is 6.93. The minimum Gasteiger partial charge on any atom is -0.554 e. The molecule has 0 amide bonds. The Balaban J connectivity index is 0.000000612. The van der Waals surface area contributed by atoms with Crippen molar-refractivity contribution in [3.05, 3.63) is 33.5 Å². The molecule has 0 unspecified atom stereocenters. The van der Waals surface area contributed by atoms with Crippen LogP contribution in [0.5, 0.6) is 0 Å². The zero-order valence-electron chi connectivity index (χ0n) is 8.81. The van der Waals surface area contributed by atoms with Crippen LogP contribution in [-0.4, -0.2) is 6.47 Å². The van der Waals surface area contributed by atoms with E-state index in [-0.39, 0.29) is 37.4 Å². The number of halogens is 6. The van der Waals surface area contributed by atoms with Crippen LogP contribution in [0, 0.1) is 33.5 Å². The summed E-state index contributed by atoms with van der Waals surface area (Å²) in [5.74, 6) is -6.29. The molecule has 0 spiro atoms. The van der Waals surface area contributed by atoms with E-state index in [9.17, 15) is 26.3 Å². The van der Waals surface area contributed by atoms with Crippen molar-refractivity contribution in [2.24, 2.45) is 0 Å². The standard InChI is InChI=1S/2C4F3S.CH2O2.Co/c2*5-2-1-8-4(7)3(2)6;2-1-3;/h;;1H,(H,2,3);/q;;;+1/p-1. The Labute approximate surface area is 121 Å². The van der Waals surface area contributed by atoms with Gasteiger partial charge in [0.05, 0.1) is 0 Å². The largest absolute Gasteiger partial charge is 0.554 e. The summed E-state index contributed by atoms with van der Waals surface area (Å²) in [6, 6.07) is 0. The van der Waals surface area contributed by atoms with Gasteiger partial charge in [0.2, 0.25) is 0 Å². The molecule has 0 saturated carbocycles. The molecule has 2 rings (SSSR count). The van der Waals surface area contributed by atoms with Gasteiger partial charge < -0.3 is 9.90 Å². The molecule has 0 aliphatic carbocycles. The number of hydrogen-bond acceptors (Lipinski definition) is 4. The molecule has 11 heteroatoms. The van der Waals surface area contributed by atoms with Crippen molar-refractivity contribution in [1.29, 1.82) is 0 Å². The molecule has 112 valence electrons. The summed E-state index contributed by atoms with van der Waals surface area (Å²) >= 11 is -0.0303. The molecule has 0 atom stereocenters. The van der Waals surface area contributed by atoms with E-state index in [1.54, 1.807) is 0 Å². The van der Waals surface area contributed by atoms with E-state index in [2.05, 4.69) is 0 Å². The van der Waals surface area contributed by atoms with Crippen LogP contribution in [0.25, 0.3) is 0 Å². The summed E-state index contributed by atoms with van der Waals surface area (Å²) in [4.78, 5) is 8.25. The average Bonchev–Trinajstić information content (AvgIpc) is 2.77. The van der Waals surface area contributed by atoms with Crippen molar-refractivity contribution >= 4 is 36.8 Å². The monoisotopic (exact) mass is 378 g/mol. The second kappa shape index (κ2) is 7.11. The number of rotatable bonds is 2. The van der Waals surface area contributed by atoms with Crippen molar-refractivity contribution in [1.82, 2.24) is 0 Å². The second-order valence-corrected chi connectivity index (χ2v) is 6.56. The minimum absolute atomic E-state index is 0.124. The maximum Gasteiger partial charge on any atom is 0.0275 e. The Bertz CT molecular complexity index is 576. The Morgan fingerprint density at radius 1 is 0.800 bits per heavy atom. The predicted molar refractivity (Wildman–Crippen MR) is 53.7 cm³/mol. The quantitative estimate of drug-likeness (QED) is 0.579. The molecule has 0 bridgehead atoms. The van der Waals surface area contributed by atoms with Crippen LogP contribution in [0.3, 0.4) is 0 Å². The van der Waals surface area contributed by atoms with Gasteiger partial charge in [-0.25, -0.2) is 0 Å². The fourth-order valence-electron chi connectivity index (χ4n) is 0.840. The van der Waals surface area contributed by atoms with Crippen LogP contribution >= 0.6 is 22.7 Å². The van der Waals surface area contributed by atoms with Gasteiger partial charge in [-0.05, 0) is 0 Å². The topological polar surface area (TPSA) is 40.1 Å². The van der Waals surface area contributed by atoms with E-state index in [4.69, 9.17) is 9.90 Å². The van der Waals surface area contributed by atoms with Gasteiger partial charge in [0.1, 0.15) is 0 Å². The summed E-state index contributed by atoms with van der Waals surface area (Å²) in [5.41, 5.74) is 0. The molecule has 2 aromatic heterocycles. The second-order valence-electron chi connectivity index (χ2n) is 2.69. The zero-order valence-corrected chi connectivity index (χ0v) is 11.5. The molecule has 20 heavy (non-hydrogen) atoms. The predicted octanol–water partition coefficient (Wildman–Crippen LogP) is 1.04. The van der Waals surface area contributed by atoms with Crippen LogP contribution in [0.4, 0.5) is 26.3 Å². The average molecular weight is 378 g/mol. The van der Waals surface area contributed by atoms with Gasteiger partial charge in [0, 0.05) is 6.47 Å². The molecular formula is C9HCoF6O2S2. The first kappa shape index (κ1) is 17.0. The van der Waals surface area contributed by atoms with Crippen molar-refractivity contribution in [2.45, 2.75) is 0 Å². The third-order valence-electron chi connectivity index (χ3n) is 1.56. The Morgan fingerprint density at radius 2 is 1.10 bits per heavy atom. The summed E-state index contributed by atoms with van der Waals surface area (Å²) in [5, 5.41) is 5.48. The van der Waals surface area contributed by atoms with E-state index in [1.165, 1.54) is 0 Å². The summed E-state index contributed by atoms with van der Waals surface area (Å²) < 4.78 is 75.7. The molecule has 0 fully saturated rings. The molecule has 0 aromatic carbocycles. The molecule has 2 heterocycles. The van der Waals surface area contributed by atoms with Crippen molar-refractivity contribution < 1.29 is 50.9 Å². The molecule has 0 saturated heterocycles. The smallest absolute Gasteiger partial charge is 0.0275 e. The fourth-order valence-corrected chi connectivity index (χ4v) is 4.21. The van der Waals surface area contributed by atoms with Gasteiger partial charge in [-0.1, -0.05) is 0 Å². The summed E-state index contributed by atoms with van der Waals surface area (Å²) in [6.45, 7) is -0.500. The Hall–Kier alpha value is -1.04. The third-order valence-corrected chi connectivity index (χ3v) is 5.10. The molecule has 2 nitrogen and oxygen atoms in total.